The molecule has 4 aliphatic carbocycles. The number of carbonyl (C=O) groups is 2. The van der Waals surface area contributed by atoms with E-state index in [0.29, 0.717) is 48.4 Å². The number of nitrogens with one attached hydrogen (secondary N) is 1. The quantitative estimate of drug-likeness (QED) is 0.730. The van der Waals surface area contributed by atoms with Crippen molar-refractivity contribution >= 4 is 17.3 Å². The Kier molecular flexibility index (Phi) is 4.88. The normalized spacial score (nSPS) is 48.3. The Morgan fingerprint density at radius 3 is 2.72 bits per heavy atom. The third kappa shape index (κ3) is 3.10. The molecule has 0 amide bonds. The molecular formula is C24H36N2O3. The van der Waals surface area contributed by atoms with Crippen LogP contribution < -0.4 is 5.32 Å². The van der Waals surface area contributed by atoms with Gasteiger partial charge >= 0.3 is 0 Å². The molecular weight excluding hydrogens is 364 g/mol. The van der Waals surface area contributed by atoms with Gasteiger partial charge in [0.25, 0.3) is 0 Å². The lowest BCUT2D eigenvalue weighted by Crippen LogP contribution is -2.56. The van der Waals surface area contributed by atoms with Crippen LogP contribution in [0.25, 0.3) is 0 Å². The first-order valence-electron chi connectivity index (χ1n) is 11.9. The molecule has 0 aromatic heterocycles. The fourth-order valence-corrected chi connectivity index (χ4v) is 7.82. The predicted molar refractivity (Wildman–Crippen MR) is 112 cm³/mol. The van der Waals surface area contributed by atoms with Crippen LogP contribution in [0.2, 0.25) is 0 Å². The smallest absolute Gasteiger partial charge is 0.139 e. The summed E-state index contributed by atoms with van der Waals surface area (Å²) in [6.45, 7) is 6.27. The van der Waals surface area contributed by atoms with Crippen LogP contribution in [0.4, 0.5) is 0 Å². The van der Waals surface area contributed by atoms with Gasteiger partial charge in [0, 0.05) is 30.2 Å². The van der Waals surface area contributed by atoms with Crippen molar-refractivity contribution in [2.45, 2.75) is 84.1 Å². The highest BCUT2D eigenvalue weighted by Gasteiger charge is 2.62. The maximum Gasteiger partial charge on any atom is 0.139 e. The van der Waals surface area contributed by atoms with Crippen molar-refractivity contribution < 1.29 is 14.4 Å². The second-order valence-electron chi connectivity index (χ2n) is 11.0. The molecule has 0 aromatic rings. The Bertz CT molecular complexity index is 728. The maximum atomic E-state index is 13.3. The van der Waals surface area contributed by atoms with Gasteiger partial charge in [-0.2, -0.15) is 0 Å². The van der Waals surface area contributed by atoms with Crippen LogP contribution in [-0.2, 0) is 14.4 Å². The van der Waals surface area contributed by atoms with Gasteiger partial charge in [0.05, 0.1) is 5.71 Å². The lowest BCUT2D eigenvalue weighted by Gasteiger charge is -2.58. The van der Waals surface area contributed by atoms with Gasteiger partial charge in [-0.15, -0.1) is 0 Å². The molecule has 1 saturated heterocycles. The van der Waals surface area contributed by atoms with Crippen LogP contribution in [0.1, 0.15) is 78.1 Å². The van der Waals surface area contributed by atoms with Crippen molar-refractivity contribution in [2.24, 2.45) is 39.7 Å². The van der Waals surface area contributed by atoms with Crippen molar-refractivity contribution in [1.82, 2.24) is 5.32 Å². The molecule has 0 bridgehead atoms. The van der Waals surface area contributed by atoms with E-state index in [4.69, 9.17) is 4.84 Å². The van der Waals surface area contributed by atoms with E-state index >= 15 is 0 Å². The molecule has 1 unspecified atom stereocenters. The van der Waals surface area contributed by atoms with Gasteiger partial charge in [0.1, 0.15) is 18.2 Å². The molecule has 5 heteroatoms. The minimum Gasteiger partial charge on any atom is -0.394 e. The van der Waals surface area contributed by atoms with E-state index in [9.17, 15) is 9.59 Å². The lowest BCUT2D eigenvalue weighted by molar-refractivity contribution is -0.152. The molecule has 7 atom stereocenters. The van der Waals surface area contributed by atoms with Crippen LogP contribution >= 0.6 is 0 Å². The Hall–Kier alpha value is -1.23. The lowest BCUT2D eigenvalue weighted by atomic mass is 9.45. The second-order valence-corrected chi connectivity index (χ2v) is 11.0. The standard InChI is InChI=1S/C24H36N2O3/c1-23-9-7-15(26-29-14-16-4-3-11-25-16)12-20(23)21(27)13-17-18-5-6-22(28)24(18,2)10-8-19(17)23/h16-20,25H,3-14H2,1-2H3/t16-,17-,18-,19-,20?,23+,24-/m0/s1. The van der Waals surface area contributed by atoms with Gasteiger partial charge in [-0.3, -0.25) is 9.59 Å². The van der Waals surface area contributed by atoms with Gasteiger partial charge in [-0.05, 0) is 81.1 Å². The molecule has 5 rings (SSSR count). The number of hydrogen-bond donors (Lipinski definition) is 1. The van der Waals surface area contributed by atoms with Crippen LogP contribution in [0, 0.1) is 34.5 Å². The number of carbonyl (C=O) groups excluding carboxylic acids is 2. The number of hydrogen-bond acceptors (Lipinski definition) is 5. The van der Waals surface area contributed by atoms with Crippen LogP contribution in [0.15, 0.2) is 5.16 Å². The third-order valence-electron chi connectivity index (χ3n) is 9.64. The fourth-order valence-electron chi connectivity index (χ4n) is 7.82. The summed E-state index contributed by atoms with van der Waals surface area (Å²) in [5.41, 5.74) is 0.988. The first-order valence-corrected chi connectivity index (χ1v) is 11.9. The average Bonchev–Trinajstić information content (AvgIpc) is 3.31. The molecule has 0 spiro atoms. The number of ketones is 2. The number of nitrogens with zero attached hydrogens (tertiary/aromatic N) is 1. The molecule has 0 aromatic carbocycles. The van der Waals surface area contributed by atoms with Crippen molar-refractivity contribution in [3.05, 3.63) is 0 Å². The largest absolute Gasteiger partial charge is 0.394 e. The summed E-state index contributed by atoms with van der Waals surface area (Å²) in [7, 11) is 0. The van der Waals surface area contributed by atoms with Crippen molar-refractivity contribution in [3.8, 4) is 0 Å². The van der Waals surface area contributed by atoms with Crippen LogP contribution in [0.5, 0.6) is 0 Å². The topological polar surface area (TPSA) is 67.8 Å². The summed E-state index contributed by atoms with van der Waals surface area (Å²) in [5, 5.41) is 7.90. The number of fused-ring (bicyclic) bond motifs is 5. The molecule has 1 N–H and O–H groups in total. The van der Waals surface area contributed by atoms with Gasteiger partial charge in [-0.1, -0.05) is 19.0 Å². The van der Waals surface area contributed by atoms with E-state index in [1.807, 2.05) is 0 Å². The van der Waals surface area contributed by atoms with Crippen molar-refractivity contribution in [3.63, 3.8) is 0 Å². The number of rotatable bonds is 3. The monoisotopic (exact) mass is 400 g/mol. The molecule has 29 heavy (non-hydrogen) atoms. The molecule has 1 aliphatic heterocycles. The first-order chi connectivity index (χ1) is 13.9. The zero-order chi connectivity index (χ0) is 20.2. The van der Waals surface area contributed by atoms with E-state index in [-0.39, 0.29) is 16.7 Å². The Morgan fingerprint density at radius 2 is 1.93 bits per heavy atom. The maximum absolute atomic E-state index is 13.3. The minimum atomic E-state index is -0.159. The summed E-state index contributed by atoms with van der Waals surface area (Å²) >= 11 is 0. The van der Waals surface area contributed by atoms with Crippen molar-refractivity contribution in [1.29, 1.82) is 0 Å². The molecule has 160 valence electrons. The van der Waals surface area contributed by atoms with Gasteiger partial charge in [-0.25, -0.2) is 0 Å². The Morgan fingerprint density at radius 1 is 1.07 bits per heavy atom. The zero-order valence-electron chi connectivity index (χ0n) is 18.0. The fraction of sp³-hybridized carbons (Fsp3) is 0.875. The van der Waals surface area contributed by atoms with Gasteiger partial charge in [0.15, 0.2) is 0 Å². The van der Waals surface area contributed by atoms with E-state index in [0.717, 1.165) is 63.6 Å². The highest BCUT2D eigenvalue weighted by atomic mass is 16.6. The highest BCUT2D eigenvalue weighted by Crippen LogP contribution is 2.64. The van der Waals surface area contributed by atoms with Crippen LogP contribution in [-0.4, -0.2) is 36.5 Å². The van der Waals surface area contributed by atoms with Gasteiger partial charge in [0.2, 0.25) is 0 Å². The van der Waals surface area contributed by atoms with E-state index in [2.05, 4.69) is 24.3 Å². The molecule has 5 fully saturated rings. The van der Waals surface area contributed by atoms with Crippen LogP contribution in [0.3, 0.4) is 0 Å². The first kappa shape index (κ1) is 19.7. The van der Waals surface area contributed by atoms with Gasteiger partial charge < -0.3 is 10.2 Å². The molecule has 4 saturated carbocycles. The van der Waals surface area contributed by atoms with Crippen molar-refractivity contribution in [2.75, 3.05) is 13.2 Å². The molecule has 1 heterocycles. The summed E-state index contributed by atoms with van der Waals surface area (Å²) in [6, 6.07) is 0.427. The Labute approximate surface area is 174 Å². The number of Topliss-reactive ketones (excluding diaryl/α,β-unsaturated/α-hetero) is 2. The zero-order valence-corrected chi connectivity index (χ0v) is 18.0. The minimum absolute atomic E-state index is 0.0684. The van der Waals surface area contributed by atoms with E-state index < -0.39 is 0 Å². The summed E-state index contributed by atoms with van der Waals surface area (Å²) in [5.74, 6) is 2.38. The summed E-state index contributed by atoms with van der Waals surface area (Å²) in [4.78, 5) is 31.5. The average molecular weight is 401 g/mol. The molecule has 5 aliphatic rings. The third-order valence-corrected chi connectivity index (χ3v) is 9.64. The molecule has 0 radical (unpaired) electrons. The predicted octanol–water partition coefficient (Wildman–Crippen LogP) is 3.90. The van der Waals surface area contributed by atoms with E-state index in [1.165, 1.54) is 6.42 Å². The summed E-state index contributed by atoms with van der Waals surface area (Å²) in [6.07, 6.45) is 9.67. The highest BCUT2D eigenvalue weighted by molar-refractivity contribution is 5.93. The molecule has 5 nitrogen and oxygen atoms in total. The second kappa shape index (κ2) is 7.18. The van der Waals surface area contributed by atoms with E-state index in [1.54, 1.807) is 0 Å². The number of oxime groups is 1. The Balaban J connectivity index is 1.30. The SMILES string of the molecule is C[C@]12CCC(=NOC[C@@H]3CCCN3)CC1C(=O)C[C@@H]1[C@@H]2CC[C@]2(C)C(=O)CC[C@@H]12. The summed E-state index contributed by atoms with van der Waals surface area (Å²) < 4.78 is 0.